The van der Waals surface area contributed by atoms with E-state index in [9.17, 15) is 0 Å². The van der Waals surface area contributed by atoms with Gasteiger partial charge in [-0.3, -0.25) is 0 Å². The van der Waals surface area contributed by atoms with E-state index in [1.165, 1.54) is 106 Å². The van der Waals surface area contributed by atoms with Crippen molar-refractivity contribution in [1.82, 2.24) is 4.57 Å². The maximum absolute atomic E-state index is 2.42. The van der Waals surface area contributed by atoms with Crippen LogP contribution >= 0.6 is 0 Å². The number of nitrogens with zero attached hydrogens (tertiary/aromatic N) is 1. The Morgan fingerprint density at radius 3 is 1.80 bits per heavy atom. The van der Waals surface area contributed by atoms with Crippen LogP contribution in [0.2, 0.25) is 0 Å². The summed E-state index contributed by atoms with van der Waals surface area (Å²) in [5, 5.41) is 5.18. The van der Waals surface area contributed by atoms with Crippen LogP contribution in [0, 0.1) is 19.8 Å². The Kier molecular flexibility index (Phi) is 12.8. The van der Waals surface area contributed by atoms with Crippen molar-refractivity contribution in [3.05, 3.63) is 227 Å². The zero-order valence-corrected chi connectivity index (χ0v) is 36.9. The van der Waals surface area contributed by atoms with Gasteiger partial charge < -0.3 is 4.57 Å². The van der Waals surface area contributed by atoms with Crippen molar-refractivity contribution in [2.24, 2.45) is 5.92 Å². The first-order valence-electron chi connectivity index (χ1n) is 22.5. The Morgan fingerprint density at radius 2 is 1.11 bits per heavy atom. The third-order valence-corrected chi connectivity index (χ3v) is 12.1. The molecule has 0 bridgehead atoms. The topological polar surface area (TPSA) is 4.93 Å². The molecule has 304 valence electrons. The number of aromatic nitrogens is 1. The molecule has 1 heterocycles. The molecule has 1 aromatic heterocycles. The molecule has 0 radical (unpaired) electrons. The molecule has 11 rings (SSSR count). The van der Waals surface area contributed by atoms with Gasteiger partial charge >= 0.3 is 0 Å². The van der Waals surface area contributed by atoms with Crippen LogP contribution in [0.3, 0.4) is 0 Å². The number of rotatable bonds is 3. The van der Waals surface area contributed by atoms with Gasteiger partial charge in [0.15, 0.2) is 0 Å². The minimum atomic E-state index is 0.763. The Morgan fingerprint density at radius 1 is 0.508 bits per heavy atom. The van der Waals surface area contributed by atoms with Crippen molar-refractivity contribution >= 4 is 38.2 Å². The molecule has 0 saturated carbocycles. The highest BCUT2D eigenvalue weighted by atomic mass is 15.0. The fraction of sp³-hybridized carbons (Fsp3) is 0.200. The summed E-state index contributed by atoms with van der Waals surface area (Å²) < 4.78 is 2.40. The van der Waals surface area contributed by atoms with Crippen molar-refractivity contribution in [3.63, 3.8) is 0 Å². The molecule has 0 saturated heterocycles. The van der Waals surface area contributed by atoms with E-state index in [0.717, 1.165) is 31.6 Å². The van der Waals surface area contributed by atoms with Crippen LogP contribution in [-0.4, -0.2) is 4.57 Å². The van der Waals surface area contributed by atoms with E-state index >= 15 is 0 Å². The SMILES string of the molecule is CC.CC1=CCC(C)C=C1.Cc1ccc2c(c1)C(=C(C1=CCCC=C1)C1=CCCC=C1)c1ccccc1-2.Cc1ccc2c(c1)c1ccccc1n2-c1cccc2ccccc12. The average Bonchev–Trinajstić information content (AvgIpc) is 3.81. The summed E-state index contributed by atoms with van der Waals surface area (Å²) in [4.78, 5) is 0. The van der Waals surface area contributed by atoms with E-state index in [0.29, 0.717) is 0 Å². The number of fused-ring (bicyclic) bond motifs is 7. The molecule has 7 aromatic rings. The number of benzene rings is 6. The summed E-state index contributed by atoms with van der Waals surface area (Å²) in [6, 6.07) is 46.3. The number of allylic oxidation sites excluding steroid dienone is 13. The summed E-state index contributed by atoms with van der Waals surface area (Å²) in [6.45, 7) is 12.7. The fourth-order valence-electron chi connectivity index (χ4n) is 9.09. The molecule has 1 heteroatoms. The highest BCUT2D eigenvalue weighted by Gasteiger charge is 2.28. The van der Waals surface area contributed by atoms with Gasteiger partial charge in [-0.05, 0) is 133 Å². The lowest BCUT2D eigenvalue weighted by Gasteiger charge is -2.20. The van der Waals surface area contributed by atoms with E-state index in [1.807, 2.05) is 13.8 Å². The lowest BCUT2D eigenvalue weighted by molar-refractivity contribution is 0.731. The van der Waals surface area contributed by atoms with E-state index in [4.69, 9.17) is 0 Å². The maximum Gasteiger partial charge on any atom is 0.0541 e. The first kappa shape index (κ1) is 41.3. The summed E-state index contributed by atoms with van der Waals surface area (Å²) in [5.41, 5.74) is 18.8. The number of hydrogen-bond donors (Lipinski definition) is 0. The maximum atomic E-state index is 2.42. The molecule has 1 nitrogen and oxygen atoms in total. The first-order chi connectivity index (χ1) is 29.9. The molecule has 4 aliphatic rings. The van der Waals surface area contributed by atoms with E-state index < -0.39 is 0 Å². The van der Waals surface area contributed by atoms with Crippen molar-refractivity contribution in [2.75, 3.05) is 0 Å². The van der Waals surface area contributed by atoms with Crippen molar-refractivity contribution in [1.29, 1.82) is 0 Å². The molecular formula is C60H59N. The first-order valence-corrected chi connectivity index (χ1v) is 22.5. The molecule has 0 spiro atoms. The van der Waals surface area contributed by atoms with Gasteiger partial charge in [0.2, 0.25) is 0 Å². The molecule has 4 aliphatic carbocycles. The smallest absolute Gasteiger partial charge is 0.0541 e. The Bertz CT molecular complexity index is 2910. The average molecular weight is 794 g/mol. The standard InChI is InChI=1S/C27H24.C23H17N.C8H12.C2H6/c1-19-16-17-23-22-14-8-9-15-24(22)27(25(23)18-19)26(20-10-4-2-5-11-20)21-12-6-3-7-13-21;1-16-13-14-23-20(15-16)19-10-4-5-11-22(19)24(23)21-12-6-8-17-7-2-3-9-18(17)21;1-7-3-5-8(2)6-4-7;1-2/h4,6,8-18H,2-3,5,7H2,1H3;2-15H,1H3;3-5,8H,6H2,1-2H3;1-2H3. The van der Waals surface area contributed by atoms with Gasteiger partial charge in [0.05, 0.1) is 16.7 Å². The Labute approximate surface area is 364 Å². The van der Waals surface area contributed by atoms with Crippen LogP contribution in [-0.2, 0) is 0 Å². The van der Waals surface area contributed by atoms with Gasteiger partial charge in [0.1, 0.15) is 0 Å². The lowest BCUT2D eigenvalue weighted by Crippen LogP contribution is -2.01. The zero-order valence-electron chi connectivity index (χ0n) is 36.9. The minimum absolute atomic E-state index is 0.763. The highest BCUT2D eigenvalue weighted by Crippen LogP contribution is 2.49. The van der Waals surface area contributed by atoms with Crippen LogP contribution in [0.4, 0.5) is 0 Å². The highest BCUT2D eigenvalue weighted by molar-refractivity contribution is 6.11. The van der Waals surface area contributed by atoms with Gasteiger partial charge in [-0.25, -0.2) is 0 Å². The van der Waals surface area contributed by atoms with Gasteiger partial charge in [-0.15, -0.1) is 0 Å². The van der Waals surface area contributed by atoms with Crippen LogP contribution in [0.15, 0.2) is 204 Å². The Balaban J connectivity index is 0.000000139. The van der Waals surface area contributed by atoms with Crippen molar-refractivity contribution in [2.45, 2.75) is 73.6 Å². The van der Waals surface area contributed by atoms with Crippen LogP contribution < -0.4 is 0 Å². The van der Waals surface area contributed by atoms with Gasteiger partial charge in [-0.2, -0.15) is 0 Å². The molecule has 0 fully saturated rings. The van der Waals surface area contributed by atoms with E-state index in [-0.39, 0.29) is 0 Å². The molecule has 1 atom stereocenters. The molecule has 0 N–H and O–H groups in total. The van der Waals surface area contributed by atoms with Gasteiger partial charge in [0.25, 0.3) is 0 Å². The lowest BCUT2D eigenvalue weighted by atomic mass is 9.84. The van der Waals surface area contributed by atoms with Crippen LogP contribution in [0.5, 0.6) is 0 Å². The monoisotopic (exact) mass is 793 g/mol. The van der Waals surface area contributed by atoms with Crippen LogP contribution in [0.25, 0.3) is 55.0 Å². The second kappa shape index (κ2) is 18.9. The second-order valence-corrected chi connectivity index (χ2v) is 16.5. The number of hydrogen-bond acceptors (Lipinski definition) is 0. The van der Waals surface area contributed by atoms with Gasteiger partial charge in [0, 0.05) is 16.2 Å². The summed E-state index contributed by atoms with van der Waals surface area (Å²) >= 11 is 0. The number of aryl methyl sites for hydroxylation is 2. The Hall–Kier alpha value is -6.44. The summed E-state index contributed by atoms with van der Waals surface area (Å²) in [5.74, 6) is 0.763. The van der Waals surface area contributed by atoms with E-state index in [1.54, 1.807) is 0 Å². The number of para-hydroxylation sites is 1. The molecule has 1 unspecified atom stereocenters. The van der Waals surface area contributed by atoms with Crippen LogP contribution in [0.1, 0.15) is 82.1 Å². The predicted octanol–water partition coefficient (Wildman–Crippen LogP) is 17.1. The molecule has 61 heavy (non-hydrogen) atoms. The summed E-state index contributed by atoms with van der Waals surface area (Å²) in [6.07, 6.45) is 26.6. The molecule has 0 amide bonds. The normalized spacial score (nSPS) is 15.9. The fourth-order valence-corrected chi connectivity index (χ4v) is 9.09. The quantitative estimate of drug-likeness (QED) is 0.168. The second-order valence-electron chi connectivity index (χ2n) is 16.5. The molecule has 0 aliphatic heterocycles. The summed E-state index contributed by atoms with van der Waals surface area (Å²) in [7, 11) is 0. The van der Waals surface area contributed by atoms with E-state index in [2.05, 4.69) is 214 Å². The minimum Gasteiger partial charge on any atom is -0.309 e. The third-order valence-electron chi connectivity index (χ3n) is 12.1. The largest absolute Gasteiger partial charge is 0.309 e. The molecule has 6 aromatic carbocycles. The van der Waals surface area contributed by atoms with Gasteiger partial charge in [-0.1, -0.05) is 195 Å². The van der Waals surface area contributed by atoms with Crippen molar-refractivity contribution < 1.29 is 0 Å². The zero-order chi connectivity index (χ0) is 42.3. The predicted molar refractivity (Wildman–Crippen MR) is 267 cm³/mol. The van der Waals surface area contributed by atoms with Crippen molar-refractivity contribution in [3.8, 4) is 16.8 Å². The third kappa shape index (κ3) is 8.61. The molecular weight excluding hydrogens is 735 g/mol.